The van der Waals surface area contributed by atoms with Crippen molar-refractivity contribution in [3.63, 3.8) is 0 Å². The van der Waals surface area contributed by atoms with Crippen molar-refractivity contribution in [3.8, 4) is 0 Å². The summed E-state index contributed by atoms with van der Waals surface area (Å²) in [5.74, 6) is 1.36. The number of nitrogens with one attached hydrogen (secondary N) is 1. The van der Waals surface area contributed by atoms with E-state index in [9.17, 15) is 0 Å². The molecule has 0 aliphatic carbocycles. The number of anilines is 1. The summed E-state index contributed by atoms with van der Waals surface area (Å²) in [6.45, 7) is 11.9. The zero-order valence-electron chi connectivity index (χ0n) is 21.0. The van der Waals surface area contributed by atoms with Crippen LogP contribution in [0.15, 0.2) is 41.5 Å². The van der Waals surface area contributed by atoms with Gasteiger partial charge in [0.25, 0.3) is 0 Å². The summed E-state index contributed by atoms with van der Waals surface area (Å²) >= 11 is 0. The molecule has 1 aromatic heterocycles. The number of guanidine groups is 1. The summed E-state index contributed by atoms with van der Waals surface area (Å²) in [7, 11) is 5.94. The van der Waals surface area contributed by atoms with Crippen molar-refractivity contribution >= 4 is 35.6 Å². The van der Waals surface area contributed by atoms with Crippen LogP contribution in [0, 0.1) is 0 Å². The van der Waals surface area contributed by atoms with E-state index in [-0.39, 0.29) is 24.0 Å². The molecule has 1 aliphatic rings. The monoisotopic (exact) mass is 567 g/mol. The van der Waals surface area contributed by atoms with Gasteiger partial charge in [0.1, 0.15) is 0 Å². The molecule has 0 spiro atoms. The number of aryl methyl sites for hydroxylation is 1. The predicted molar refractivity (Wildman–Crippen MR) is 150 cm³/mol. The molecule has 2 heterocycles. The van der Waals surface area contributed by atoms with Crippen LogP contribution in [0.2, 0.25) is 0 Å². The molecule has 3 rings (SSSR count). The smallest absolute Gasteiger partial charge is 0.193 e. The Morgan fingerprint density at radius 2 is 1.82 bits per heavy atom. The minimum atomic E-state index is 0. The van der Waals surface area contributed by atoms with E-state index in [4.69, 9.17) is 0 Å². The molecule has 1 saturated heterocycles. The van der Waals surface area contributed by atoms with Gasteiger partial charge in [0, 0.05) is 77.9 Å². The summed E-state index contributed by atoms with van der Waals surface area (Å²) in [6, 6.07) is 10.8. The van der Waals surface area contributed by atoms with Gasteiger partial charge in [0.05, 0.1) is 5.69 Å². The largest absolute Gasteiger partial charge is 0.369 e. The number of rotatable bonds is 9. The predicted octanol–water partition coefficient (Wildman–Crippen LogP) is 3.77. The SMILES string of the molecule is CN=C(NCCCCN1CCN(c2ccccc2)CC1)N(C)Cc1cn(C)nc1C(C)C.I. The van der Waals surface area contributed by atoms with Crippen molar-refractivity contribution in [1.82, 2.24) is 24.9 Å². The van der Waals surface area contributed by atoms with Crippen molar-refractivity contribution in [2.75, 3.05) is 58.3 Å². The molecule has 1 aromatic carbocycles. The quantitative estimate of drug-likeness (QED) is 0.217. The summed E-state index contributed by atoms with van der Waals surface area (Å²) < 4.78 is 1.91. The Bertz CT molecular complexity index is 842. The molecule has 33 heavy (non-hydrogen) atoms. The Morgan fingerprint density at radius 3 is 2.45 bits per heavy atom. The lowest BCUT2D eigenvalue weighted by Gasteiger charge is -2.36. The van der Waals surface area contributed by atoms with Gasteiger partial charge < -0.3 is 15.1 Å². The number of para-hydroxylation sites is 1. The molecule has 0 unspecified atom stereocenters. The number of aromatic nitrogens is 2. The summed E-state index contributed by atoms with van der Waals surface area (Å²) in [5, 5.41) is 8.16. The van der Waals surface area contributed by atoms with Crippen molar-refractivity contribution in [3.05, 3.63) is 47.8 Å². The first kappa shape index (κ1) is 27.4. The molecule has 7 nitrogen and oxygen atoms in total. The second-order valence-electron chi connectivity index (χ2n) is 9.07. The van der Waals surface area contributed by atoms with E-state index in [1.54, 1.807) is 0 Å². The van der Waals surface area contributed by atoms with E-state index in [1.807, 2.05) is 18.8 Å². The number of aliphatic imine (C=N–C) groups is 1. The van der Waals surface area contributed by atoms with Crippen LogP contribution in [0.4, 0.5) is 5.69 Å². The highest BCUT2D eigenvalue weighted by atomic mass is 127. The second-order valence-corrected chi connectivity index (χ2v) is 9.07. The third kappa shape index (κ3) is 8.17. The zero-order chi connectivity index (χ0) is 22.9. The van der Waals surface area contributed by atoms with Crippen LogP contribution < -0.4 is 10.2 Å². The molecular formula is C25H42IN7. The lowest BCUT2D eigenvalue weighted by molar-refractivity contribution is 0.253. The van der Waals surface area contributed by atoms with Crippen LogP contribution in [0.25, 0.3) is 0 Å². The van der Waals surface area contributed by atoms with Gasteiger partial charge in [-0.25, -0.2) is 0 Å². The Labute approximate surface area is 217 Å². The molecule has 0 radical (unpaired) electrons. The maximum atomic E-state index is 4.62. The fourth-order valence-electron chi connectivity index (χ4n) is 4.41. The third-order valence-electron chi connectivity index (χ3n) is 6.14. The van der Waals surface area contributed by atoms with Crippen molar-refractivity contribution < 1.29 is 0 Å². The van der Waals surface area contributed by atoms with E-state index in [0.717, 1.165) is 51.6 Å². The van der Waals surface area contributed by atoms with Gasteiger partial charge in [0.2, 0.25) is 0 Å². The van der Waals surface area contributed by atoms with Gasteiger partial charge in [-0.1, -0.05) is 32.0 Å². The van der Waals surface area contributed by atoms with Crippen LogP contribution in [0.5, 0.6) is 0 Å². The van der Waals surface area contributed by atoms with Gasteiger partial charge >= 0.3 is 0 Å². The van der Waals surface area contributed by atoms with Crippen LogP contribution in [-0.4, -0.2) is 78.9 Å². The highest BCUT2D eigenvalue weighted by molar-refractivity contribution is 14.0. The molecule has 1 fully saturated rings. The fraction of sp³-hybridized carbons (Fsp3) is 0.600. The number of benzene rings is 1. The lowest BCUT2D eigenvalue weighted by atomic mass is 10.1. The van der Waals surface area contributed by atoms with E-state index >= 15 is 0 Å². The highest BCUT2D eigenvalue weighted by Gasteiger charge is 2.17. The minimum Gasteiger partial charge on any atom is -0.369 e. The molecule has 1 aliphatic heterocycles. The maximum Gasteiger partial charge on any atom is 0.193 e. The second kappa shape index (κ2) is 13.8. The van der Waals surface area contributed by atoms with Crippen molar-refractivity contribution in [2.45, 2.75) is 39.2 Å². The molecular weight excluding hydrogens is 525 g/mol. The molecule has 1 N–H and O–H groups in total. The van der Waals surface area contributed by atoms with Crippen LogP contribution >= 0.6 is 24.0 Å². The Balaban J connectivity index is 0.00000385. The van der Waals surface area contributed by atoms with Gasteiger partial charge in [-0.05, 0) is 37.4 Å². The average molecular weight is 568 g/mol. The zero-order valence-corrected chi connectivity index (χ0v) is 23.3. The van der Waals surface area contributed by atoms with E-state index in [2.05, 4.69) is 87.5 Å². The van der Waals surface area contributed by atoms with Crippen LogP contribution in [0.3, 0.4) is 0 Å². The Kier molecular flexibility index (Phi) is 11.5. The number of halogens is 1. The highest BCUT2D eigenvalue weighted by Crippen LogP contribution is 2.19. The lowest BCUT2D eigenvalue weighted by Crippen LogP contribution is -2.46. The number of hydrogen-bond donors (Lipinski definition) is 1. The maximum absolute atomic E-state index is 4.62. The number of piperazine rings is 1. The third-order valence-corrected chi connectivity index (χ3v) is 6.14. The van der Waals surface area contributed by atoms with Crippen LogP contribution in [-0.2, 0) is 13.6 Å². The van der Waals surface area contributed by atoms with Crippen molar-refractivity contribution in [1.29, 1.82) is 0 Å². The summed E-state index contributed by atoms with van der Waals surface area (Å²) in [6.07, 6.45) is 4.48. The normalized spacial score (nSPS) is 15.0. The van der Waals surface area contributed by atoms with E-state index < -0.39 is 0 Å². The summed E-state index contributed by atoms with van der Waals surface area (Å²) in [5.41, 5.74) is 3.78. The first-order chi connectivity index (χ1) is 15.5. The molecule has 0 amide bonds. The minimum absolute atomic E-state index is 0. The van der Waals surface area contributed by atoms with Gasteiger partial charge in [0.15, 0.2) is 5.96 Å². The van der Waals surface area contributed by atoms with Crippen LogP contribution in [0.1, 0.15) is 43.9 Å². The Morgan fingerprint density at radius 1 is 1.12 bits per heavy atom. The molecule has 8 heteroatoms. The summed E-state index contributed by atoms with van der Waals surface area (Å²) in [4.78, 5) is 11.7. The fourth-order valence-corrected chi connectivity index (χ4v) is 4.41. The van der Waals surface area contributed by atoms with Gasteiger partial charge in [-0.2, -0.15) is 5.10 Å². The van der Waals surface area contributed by atoms with Gasteiger partial charge in [-0.15, -0.1) is 24.0 Å². The van der Waals surface area contributed by atoms with Gasteiger partial charge in [-0.3, -0.25) is 14.6 Å². The Hall–Kier alpha value is -1.81. The topological polar surface area (TPSA) is 51.9 Å². The molecule has 2 aromatic rings. The molecule has 0 bridgehead atoms. The average Bonchev–Trinajstić information content (AvgIpc) is 3.17. The number of nitrogens with zero attached hydrogens (tertiary/aromatic N) is 6. The molecule has 0 saturated carbocycles. The first-order valence-corrected chi connectivity index (χ1v) is 11.9. The number of hydrogen-bond acceptors (Lipinski definition) is 4. The van der Waals surface area contributed by atoms with Crippen molar-refractivity contribution in [2.24, 2.45) is 12.0 Å². The molecule has 184 valence electrons. The molecule has 0 atom stereocenters. The number of unbranched alkanes of at least 4 members (excludes halogenated alkanes) is 1. The van der Waals surface area contributed by atoms with E-state index in [0.29, 0.717) is 5.92 Å². The first-order valence-electron chi connectivity index (χ1n) is 11.9. The van der Waals surface area contributed by atoms with E-state index in [1.165, 1.54) is 29.9 Å². The standard InChI is InChI=1S/C25H41N7.HI/c1-21(2)24-22(20-30(5)28-24)19-29(4)25(26-3)27-13-9-10-14-31-15-17-32(18-16-31)23-11-7-6-8-12-23;/h6-8,11-12,20-21H,9-10,13-19H2,1-5H3,(H,26,27);1H.